The molecular formula is C24H30N4O4. The van der Waals surface area contributed by atoms with Crippen molar-refractivity contribution in [3.63, 3.8) is 0 Å². The molecule has 170 valence electrons. The number of aromatic nitrogens is 1. The molecule has 0 spiro atoms. The van der Waals surface area contributed by atoms with Gasteiger partial charge in [-0.2, -0.15) is 0 Å². The second kappa shape index (κ2) is 9.74. The third-order valence-electron chi connectivity index (χ3n) is 5.39. The lowest BCUT2D eigenvalue weighted by molar-refractivity contribution is -0.119. The molecule has 8 heteroatoms. The van der Waals surface area contributed by atoms with Gasteiger partial charge in [0.05, 0.1) is 26.0 Å². The molecule has 8 nitrogen and oxygen atoms in total. The second-order valence-electron chi connectivity index (χ2n) is 8.00. The molecule has 0 saturated carbocycles. The van der Waals surface area contributed by atoms with E-state index in [1.165, 1.54) is 0 Å². The van der Waals surface area contributed by atoms with Crippen LogP contribution in [0.3, 0.4) is 0 Å². The normalized spacial score (nSPS) is 12.1. The highest BCUT2D eigenvalue weighted by Gasteiger charge is 2.19. The van der Waals surface area contributed by atoms with Gasteiger partial charge in [0.25, 0.3) is 0 Å². The van der Waals surface area contributed by atoms with Crippen molar-refractivity contribution in [2.24, 2.45) is 11.5 Å². The molecule has 6 N–H and O–H groups in total. The van der Waals surface area contributed by atoms with E-state index in [-0.39, 0.29) is 24.7 Å². The number of carbonyl (C=O) groups is 2. The van der Waals surface area contributed by atoms with E-state index >= 15 is 0 Å². The highest BCUT2D eigenvalue weighted by Crippen LogP contribution is 2.39. The summed E-state index contributed by atoms with van der Waals surface area (Å²) >= 11 is 0. The summed E-state index contributed by atoms with van der Waals surface area (Å²) in [6, 6.07) is 10.7. The zero-order valence-corrected chi connectivity index (χ0v) is 18.8. The Bertz CT molecular complexity index is 1140. The molecule has 3 aromatic rings. The van der Waals surface area contributed by atoms with Crippen LogP contribution in [0.4, 0.5) is 5.69 Å². The zero-order chi connectivity index (χ0) is 23.4. The molecule has 0 saturated heterocycles. The number of hydrogen-bond donors (Lipinski definition) is 4. The Balaban J connectivity index is 1.97. The van der Waals surface area contributed by atoms with Crippen LogP contribution in [0.1, 0.15) is 38.2 Å². The van der Waals surface area contributed by atoms with Crippen molar-refractivity contribution in [1.82, 2.24) is 4.98 Å². The summed E-state index contributed by atoms with van der Waals surface area (Å²) in [4.78, 5) is 26.9. The fourth-order valence-corrected chi connectivity index (χ4v) is 3.77. The standard InChI is InChI=1S/C24H30N4O4/c1-13(2)22-16-12-15(27-24(30)17(25)7-10-21(26)29)6-8-18(16)28-23(22)14-5-9-19(31-3)20(11-14)32-4/h5-6,8-9,11-13,17,28H,7,10,25H2,1-4H3,(H2,26,29)(H,27,30). The number of fused-ring (bicyclic) bond motifs is 1. The molecule has 0 radical (unpaired) electrons. The predicted octanol–water partition coefficient (Wildman–Crippen LogP) is 3.51. The van der Waals surface area contributed by atoms with Gasteiger partial charge in [0.15, 0.2) is 11.5 Å². The molecule has 1 aromatic heterocycles. The molecule has 3 rings (SSSR count). The van der Waals surface area contributed by atoms with Crippen molar-refractivity contribution in [2.45, 2.75) is 38.6 Å². The van der Waals surface area contributed by atoms with Crippen molar-refractivity contribution >= 4 is 28.4 Å². The van der Waals surface area contributed by atoms with Gasteiger partial charge in [0.1, 0.15) is 0 Å². The van der Waals surface area contributed by atoms with Gasteiger partial charge in [-0.1, -0.05) is 13.8 Å². The number of primary amides is 1. The molecule has 1 atom stereocenters. The largest absolute Gasteiger partial charge is 0.493 e. The number of carbonyl (C=O) groups excluding carboxylic acids is 2. The van der Waals surface area contributed by atoms with Crippen LogP contribution in [-0.4, -0.2) is 37.1 Å². The smallest absolute Gasteiger partial charge is 0.241 e. The Hall–Kier alpha value is -3.52. The highest BCUT2D eigenvalue weighted by atomic mass is 16.5. The molecule has 0 bridgehead atoms. The average molecular weight is 439 g/mol. The number of H-pyrrole nitrogens is 1. The van der Waals surface area contributed by atoms with Gasteiger partial charge < -0.3 is 31.2 Å². The van der Waals surface area contributed by atoms with Gasteiger partial charge in [0, 0.05) is 28.6 Å². The maximum absolute atomic E-state index is 12.4. The number of methoxy groups -OCH3 is 2. The van der Waals surface area contributed by atoms with Gasteiger partial charge >= 0.3 is 0 Å². The lowest BCUT2D eigenvalue weighted by Gasteiger charge is -2.13. The lowest BCUT2D eigenvalue weighted by Crippen LogP contribution is -2.36. The number of hydrogen-bond acceptors (Lipinski definition) is 5. The first-order chi connectivity index (χ1) is 15.2. The van der Waals surface area contributed by atoms with Crippen molar-refractivity contribution in [3.8, 4) is 22.8 Å². The number of nitrogens with one attached hydrogen (secondary N) is 2. The third-order valence-corrected chi connectivity index (χ3v) is 5.39. The monoisotopic (exact) mass is 438 g/mol. The Morgan fingerprint density at radius 1 is 1.06 bits per heavy atom. The summed E-state index contributed by atoms with van der Waals surface area (Å²) in [6.45, 7) is 4.25. The summed E-state index contributed by atoms with van der Waals surface area (Å²) in [5, 5.41) is 3.85. The Morgan fingerprint density at radius 2 is 1.78 bits per heavy atom. The molecule has 1 unspecified atom stereocenters. The topological polar surface area (TPSA) is 132 Å². The van der Waals surface area contributed by atoms with E-state index in [1.807, 2.05) is 36.4 Å². The maximum atomic E-state index is 12.4. The number of nitrogens with two attached hydrogens (primary N) is 2. The minimum absolute atomic E-state index is 0.0671. The molecule has 0 aliphatic heterocycles. The van der Waals surface area contributed by atoms with E-state index in [4.69, 9.17) is 20.9 Å². The van der Waals surface area contributed by atoms with Crippen molar-refractivity contribution < 1.29 is 19.1 Å². The summed E-state index contributed by atoms with van der Waals surface area (Å²) in [6.07, 6.45) is 0.270. The number of amides is 2. The van der Waals surface area contributed by atoms with Crippen molar-refractivity contribution in [1.29, 1.82) is 0 Å². The van der Waals surface area contributed by atoms with E-state index in [0.717, 1.165) is 27.7 Å². The molecule has 1 heterocycles. The minimum atomic E-state index is -0.809. The predicted molar refractivity (Wildman–Crippen MR) is 126 cm³/mol. The van der Waals surface area contributed by atoms with E-state index in [2.05, 4.69) is 24.1 Å². The molecule has 0 aliphatic rings. The third kappa shape index (κ3) is 4.86. The van der Waals surface area contributed by atoms with Crippen LogP contribution in [0.2, 0.25) is 0 Å². The van der Waals surface area contributed by atoms with Crippen LogP contribution < -0.4 is 26.3 Å². The number of anilines is 1. The lowest BCUT2D eigenvalue weighted by atomic mass is 9.95. The van der Waals surface area contributed by atoms with E-state index in [9.17, 15) is 9.59 Å². The van der Waals surface area contributed by atoms with Crippen molar-refractivity contribution in [2.75, 3.05) is 19.5 Å². The Kier molecular flexibility index (Phi) is 7.05. The highest BCUT2D eigenvalue weighted by molar-refractivity contribution is 5.99. The van der Waals surface area contributed by atoms with Gasteiger partial charge in [-0.15, -0.1) is 0 Å². The van der Waals surface area contributed by atoms with Gasteiger partial charge in [-0.3, -0.25) is 9.59 Å². The van der Waals surface area contributed by atoms with Gasteiger partial charge in [0.2, 0.25) is 11.8 Å². The van der Waals surface area contributed by atoms with E-state index < -0.39 is 11.9 Å². The molecule has 2 amide bonds. The number of aromatic amines is 1. The van der Waals surface area contributed by atoms with Crippen LogP contribution >= 0.6 is 0 Å². The molecule has 2 aromatic carbocycles. The van der Waals surface area contributed by atoms with Crippen LogP contribution in [0.5, 0.6) is 11.5 Å². The maximum Gasteiger partial charge on any atom is 0.241 e. The Labute approximate surface area is 187 Å². The fraction of sp³-hybridized carbons (Fsp3) is 0.333. The number of benzene rings is 2. The zero-order valence-electron chi connectivity index (χ0n) is 18.8. The van der Waals surface area contributed by atoms with Crippen molar-refractivity contribution in [3.05, 3.63) is 42.0 Å². The summed E-state index contributed by atoms with van der Waals surface area (Å²) in [5.74, 6) is 0.696. The number of rotatable bonds is 9. The quantitative estimate of drug-likeness (QED) is 0.406. The van der Waals surface area contributed by atoms with Crippen LogP contribution in [0.25, 0.3) is 22.2 Å². The first-order valence-corrected chi connectivity index (χ1v) is 10.5. The fourth-order valence-electron chi connectivity index (χ4n) is 3.77. The second-order valence-corrected chi connectivity index (χ2v) is 8.00. The first-order valence-electron chi connectivity index (χ1n) is 10.5. The molecular weight excluding hydrogens is 408 g/mol. The Morgan fingerprint density at radius 3 is 2.41 bits per heavy atom. The SMILES string of the molecule is COc1ccc(-c2[nH]c3ccc(NC(=O)C(N)CCC(N)=O)cc3c2C(C)C)cc1OC. The van der Waals surface area contributed by atoms with Gasteiger partial charge in [-0.25, -0.2) is 0 Å². The first kappa shape index (κ1) is 23.1. The van der Waals surface area contributed by atoms with E-state index in [1.54, 1.807) is 14.2 Å². The summed E-state index contributed by atoms with van der Waals surface area (Å²) in [5.41, 5.74) is 15.7. The van der Waals surface area contributed by atoms with Crippen LogP contribution in [0, 0.1) is 0 Å². The number of ether oxygens (including phenoxy) is 2. The molecule has 0 fully saturated rings. The minimum Gasteiger partial charge on any atom is -0.493 e. The van der Waals surface area contributed by atoms with E-state index in [0.29, 0.717) is 17.2 Å². The van der Waals surface area contributed by atoms with Crippen LogP contribution in [0.15, 0.2) is 36.4 Å². The van der Waals surface area contributed by atoms with Gasteiger partial charge in [-0.05, 0) is 54.3 Å². The molecule has 32 heavy (non-hydrogen) atoms. The average Bonchev–Trinajstić information content (AvgIpc) is 3.15. The molecule has 0 aliphatic carbocycles. The van der Waals surface area contributed by atoms with Crippen LogP contribution in [-0.2, 0) is 9.59 Å². The summed E-state index contributed by atoms with van der Waals surface area (Å²) in [7, 11) is 3.22. The summed E-state index contributed by atoms with van der Waals surface area (Å²) < 4.78 is 10.8.